The van der Waals surface area contributed by atoms with Crippen LogP contribution >= 0.6 is 11.3 Å². The van der Waals surface area contributed by atoms with Gasteiger partial charge in [0.25, 0.3) is 0 Å². The number of amides is 1. The zero-order valence-corrected chi connectivity index (χ0v) is 13.6. The molecule has 118 valence electrons. The second-order valence-electron chi connectivity index (χ2n) is 5.38. The van der Waals surface area contributed by atoms with Crippen molar-refractivity contribution in [1.29, 1.82) is 0 Å². The molecular formula is C18H19N3OS. The first-order valence-corrected chi connectivity index (χ1v) is 8.52. The second-order valence-corrected chi connectivity index (χ2v) is 6.41. The van der Waals surface area contributed by atoms with Crippen LogP contribution in [-0.4, -0.2) is 15.7 Å². The van der Waals surface area contributed by atoms with Crippen molar-refractivity contribution in [1.82, 2.24) is 15.1 Å². The number of nitrogens with one attached hydrogen (secondary N) is 1. The molecule has 4 nitrogen and oxygen atoms in total. The molecule has 1 aromatic carbocycles. The van der Waals surface area contributed by atoms with Crippen LogP contribution < -0.4 is 5.32 Å². The van der Waals surface area contributed by atoms with E-state index >= 15 is 0 Å². The van der Waals surface area contributed by atoms with Gasteiger partial charge >= 0.3 is 0 Å². The Balaban J connectivity index is 1.43. The van der Waals surface area contributed by atoms with Crippen LogP contribution in [0.15, 0.2) is 60.2 Å². The average molecular weight is 325 g/mol. The predicted octanol–water partition coefficient (Wildman–Crippen LogP) is 3.24. The Kier molecular flexibility index (Phi) is 5.21. The number of thiophene rings is 1. The van der Waals surface area contributed by atoms with Gasteiger partial charge in [0, 0.05) is 30.2 Å². The predicted molar refractivity (Wildman–Crippen MR) is 92.3 cm³/mol. The lowest BCUT2D eigenvalue weighted by Crippen LogP contribution is -2.22. The van der Waals surface area contributed by atoms with E-state index in [0.717, 1.165) is 18.5 Å². The Morgan fingerprint density at radius 3 is 2.65 bits per heavy atom. The van der Waals surface area contributed by atoms with Gasteiger partial charge in [-0.3, -0.25) is 9.48 Å². The molecule has 1 N–H and O–H groups in total. The highest BCUT2D eigenvalue weighted by atomic mass is 32.1. The quantitative estimate of drug-likeness (QED) is 0.725. The molecule has 0 atom stereocenters. The molecule has 3 rings (SSSR count). The number of aryl methyl sites for hydroxylation is 1. The van der Waals surface area contributed by atoms with Crippen LogP contribution in [0.3, 0.4) is 0 Å². The Hall–Kier alpha value is -2.40. The largest absolute Gasteiger partial charge is 0.352 e. The molecule has 0 bridgehead atoms. The van der Waals surface area contributed by atoms with Crippen LogP contribution in [0.2, 0.25) is 0 Å². The summed E-state index contributed by atoms with van der Waals surface area (Å²) in [5, 5.41) is 9.21. The van der Waals surface area contributed by atoms with Crippen LogP contribution in [-0.2, 0) is 24.3 Å². The van der Waals surface area contributed by atoms with Gasteiger partial charge in [-0.15, -0.1) is 11.3 Å². The highest BCUT2D eigenvalue weighted by Crippen LogP contribution is 2.11. The summed E-state index contributed by atoms with van der Waals surface area (Å²) in [6.45, 7) is 1.34. The molecule has 0 aliphatic rings. The van der Waals surface area contributed by atoms with Crippen LogP contribution in [0, 0.1) is 0 Å². The third-order valence-electron chi connectivity index (χ3n) is 3.59. The number of carbonyl (C=O) groups excluding carboxylic acids is 1. The molecule has 3 aromatic rings. The van der Waals surface area contributed by atoms with Crippen molar-refractivity contribution in [2.75, 3.05) is 0 Å². The molecule has 0 spiro atoms. The maximum absolute atomic E-state index is 11.9. The summed E-state index contributed by atoms with van der Waals surface area (Å²) < 4.78 is 1.89. The van der Waals surface area contributed by atoms with E-state index in [9.17, 15) is 4.79 Å². The fourth-order valence-electron chi connectivity index (χ4n) is 2.32. The van der Waals surface area contributed by atoms with Gasteiger partial charge in [0.15, 0.2) is 0 Å². The fraction of sp³-hybridized carbons (Fsp3) is 0.222. The second kappa shape index (κ2) is 7.74. The summed E-state index contributed by atoms with van der Waals surface area (Å²) in [4.78, 5) is 13.1. The zero-order valence-electron chi connectivity index (χ0n) is 12.8. The van der Waals surface area contributed by atoms with E-state index in [1.54, 1.807) is 17.5 Å². The fourth-order valence-corrected chi connectivity index (χ4v) is 3.03. The molecule has 0 unspecified atom stereocenters. The first-order valence-electron chi connectivity index (χ1n) is 7.64. The van der Waals surface area contributed by atoms with E-state index in [4.69, 9.17) is 0 Å². The highest BCUT2D eigenvalue weighted by Gasteiger charge is 2.03. The standard InChI is InChI=1S/C18H19N3OS/c22-18(9-8-17-3-1-12-23-17)19-13-15-4-6-16(7-5-15)14-21-11-2-10-20-21/h1-7,10-12H,8-9,13-14H2,(H,19,22). The van der Waals surface area contributed by atoms with Crippen LogP contribution in [0.25, 0.3) is 0 Å². The van der Waals surface area contributed by atoms with Crippen LogP contribution in [0.4, 0.5) is 0 Å². The van der Waals surface area contributed by atoms with E-state index in [2.05, 4.69) is 40.7 Å². The minimum absolute atomic E-state index is 0.0963. The van der Waals surface area contributed by atoms with Crippen LogP contribution in [0.5, 0.6) is 0 Å². The molecule has 23 heavy (non-hydrogen) atoms. The number of benzene rings is 1. The number of hydrogen-bond donors (Lipinski definition) is 1. The van der Waals surface area contributed by atoms with Gasteiger partial charge in [-0.1, -0.05) is 30.3 Å². The molecular weight excluding hydrogens is 306 g/mol. The number of aromatic nitrogens is 2. The van der Waals surface area contributed by atoms with E-state index in [1.807, 2.05) is 28.4 Å². The van der Waals surface area contributed by atoms with E-state index in [-0.39, 0.29) is 5.91 Å². The highest BCUT2D eigenvalue weighted by molar-refractivity contribution is 7.09. The first kappa shape index (κ1) is 15.5. The van der Waals surface area contributed by atoms with Crippen molar-refractivity contribution < 1.29 is 4.79 Å². The Labute approximate surface area is 139 Å². The third-order valence-corrected chi connectivity index (χ3v) is 4.53. The van der Waals surface area contributed by atoms with Gasteiger partial charge in [0.1, 0.15) is 0 Å². The molecule has 0 radical (unpaired) electrons. The molecule has 1 amide bonds. The van der Waals surface area contributed by atoms with Crippen molar-refractivity contribution in [3.8, 4) is 0 Å². The molecule has 0 saturated heterocycles. The van der Waals surface area contributed by atoms with E-state index in [0.29, 0.717) is 13.0 Å². The molecule has 5 heteroatoms. The van der Waals surface area contributed by atoms with Crippen LogP contribution in [0.1, 0.15) is 22.4 Å². The van der Waals surface area contributed by atoms with E-state index < -0.39 is 0 Å². The Morgan fingerprint density at radius 1 is 1.13 bits per heavy atom. The van der Waals surface area contributed by atoms with E-state index in [1.165, 1.54) is 10.4 Å². The van der Waals surface area contributed by atoms with Crippen molar-refractivity contribution >= 4 is 17.2 Å². The number of nitrogens with zero attached hydrogens (tertiary/aromatic N) is 2. The first-order chi connectivity index (χ1) is 11.3. The molecule has 2 heterocycles. The van der Waals surface area contributed by atoms with Gasteiger partial charge < -0.3 is 5.32 Å². The molecule has 2 aromatic heterocycles. The maximum atomic E-state index is 11.9. The Bertz CT molecular complexity index is 718. The lowest BCUT2D eigenvalue weighted by atomic mass is 10.1. The summed E-state index contributed by atoms with van der Waals surface area (Å²) in [7, 11) is 0. The topological polar surface area (TPSA) is 46.9 Å². The average Bonchev–Trinajstić information content (AvgIpc) is 3.26. The van der Waals surface area contributed by atoms with Crippen molar-refractivity contribution in [3.63, 3.8) is 0 Å². The molecule has 0 aliphatic carbocycles. The van der Waals surface area contributed by atoms with Crippen molar-refractivity contribution in [2.45, 2.75) is 25.9 Å². The normalized spacial score (nSPS) is 10.6. The molecule has 0 fully saturated rings. The molecule has 0 saturated carbocycles. The van der Waals surface area contributed by atoms with Crippen molar-refractivity contribution in [2.24, 2.45) is 0 Å². The summed E-state index contributed by atoms with van der Waals surface area (Å²) >= 11 is 1.70. The number of rotatable bonds is 7. The zero-order chi connectivity index (χ0) is 15.9. The smallest absolute Gasteiger partial charge is 0.220 e. The van der Waals surface area contributed by atoms with Gasteiger partial charge in [0.2, 0.25) is 5.91 Å². The summed E-state index contributed by atoms with van der Waals surface area (Å²) in [6.07, 6.45) is 5.08. The number of carbonyl (C=O) groups is 1. The van der Waals surface area contributed by atoms with Gasteiger partial charge in [-0.25, -0.2) is 0 Å². The van der Waals surface area contributed by atoms with Gasteiger partial charge in [-0.05, 0) is 35.1 Å². The van der Waals surface area contributed by atoms with Gasteiger partial charge in [-0.2, -0.15) is 5.10 Å². The monoisotopic (exact) mass is 325 g/mol. The molecule has 0 aliphatic heterocycles. The summed E-state index contributed by atoms with van der Waals surface area (Å²) in [5.41, 5.74) is 2.31. The lowest BCUT2D eigenvalue weighted by Gasteiger charge is -2.07. The van der Waals surface area contributed by atoms with Crippen molar-refractivity contribution in [3.05, 3.63) is 76.2 Å². The Morgan fingerprint density at radius 2 is 1.96 bits per heavy atom. The minimum Gasteiger partial charge on any atom is -0.352 e. The minimum atomic E-state index is 0.0963. The third kappa shape index (κ3) is 4.79. The maximum Gasteiger partial charge on any atom is 0.220 e. The summed E-state index contributed by atoms with van der Waals surface area (Å²) in [6, 6.07) is 14.3. The summed E-state index contributed by atoms with van der Waals surface area (Å²) in [5.74, 6) is 0.0963. The van der Waals surface area contributed by atoms with Gasteiger partial charge in [0.05, 0.1) is 6.54 Å². The SMILES string of the molecule is O=C(CCc1cccs1)NCc1ccc(Cn2cccn2)cc1. The number of hydrogen-bond acceptors (Lipinski definition) is 3. The lowest BCUT2D eigenvalue weighted by molar-refractivity contribution is -0.121.